The highest BCUT2D eigenvalue weighted by Gasteiger charge is 2.09. The number of aliphatic hydroxyl groups excluding tert-OH is 1. The first-order valence-corrected chi connectivity index (χ1v) is 5.69. The van der Waals surface area contributed by atoms with E-state index in [-0.39, 0.29) is 0 Å². The second-order valence-electron chi connectivity index (χ2n) is 4.30. The molecule has 88 valence electrons. The van der Waals surface area contributed by atoms with Crippen molar-refractivity contribution in [1.29, 1.82) is 0 Å². The first-order valence-electron chi connectivity index (χ1n) is 5.69. The molecule has 0 spiro atoms. The fraction of sp³-hybridized carbons (Fsp3) is 0.200. The standard InChI is InChI=1S/C15H17NO/c1-16(2)14-10-8-13(9-11-14)15(17)12-6-4-3-5-7-12/h3-11,15,17H,1-2H3. The van der Waals surface area contributed by atoms with Gasteiger partial charge in [-0.1, -0.05) is 42.5 Å². The van der Waals surface area contributed by atoms with Crippen LogP contribution in [0.2, 0.25) is 0 Å². The average molecular weight is 227 g/mol. The number of nitrogens with zero attached hydrogens (tertiary/aromatic N) is 1. The molecule has 0 aromatic heterocycles. The number of aliphatic hydroxyl groups is 1. The van der Waals surface area contributed by atoms with Crippen LogP contribution in [0.3, 0.4) is 0 Å². The Hall–Kier alpha value is -1.80. The molecule has 17 heavy (non-hydrogen) atoms. The minimum Gasteiger partial charge on any atom is -0.384 e. The number of hydrogen-bond acceptors (Lipinski definition) is 2. The van der Waals surface area contributed by atoms with E-state index in [0.29, 0.717) is 0 Å². The summed E-state index contributed by atoms with van der Waals surface area (Å²) in [6.45, 7) is 0. The van der Waals surface area contributed by atoms with Crippen LogP contribution in [0.4, 0.5) is 5.69 Å². The van der Waals surface area contributed by atoms with Gasteiger partial charge in [-0.25, -0.2) is 0 Å². The van der Waals surface area contributed by atoms with E-state index < -0.39 is 6.10 Å². The van der Waals surface area contributed by atoms with Crippen LogP contribution in [0.15, 0.2) is 54.6 Å². The van der Waals surface area contributed by atoms with Crippen LogP contribution >= 0.6 is 0 Å². The molecule has 1 N–H and O–H groups in total. The van der Waals surface area contributed by atoms with Gasteiger partial charge in [0.2, 0.25) is 0 Å². The van der Waals surface area contributed by atoms with Gasteiger partial charge in [0, 0.05) is 19.8 Å². The lowest BCUT2D eigenvalue weighted by atomic mass is 10.0. The zero-order valence-corrected chi connectivity index (χ0v) is 10.2. The van der Waals surface area contributed by atoms with E-state index in [1.54, 1.807) is 0 Å². The van der Waals surface area contributed by atoms with E-state index in [4.69, 9.17) is 0 Å². The Kier molecular flexibility index (Phi) is 3.45. The quantitative estimate of drug-likeness (QED) is 0.871. The summed E-state index contributed by atoms with van der Waals surface area (Å²) in [5.41, 5.74) is 2.97. The summed E-state index contributed by atoms with van der Waals surface area (Å²) in [4.78, 5) is 2.04. The van der Waals surface area contributed by atoms with Crippen LogP contribution in [-0.2, 0) is 0 Å². The molecule has 0 bridgehead atoms. The monoisotopic (exact) mass is 227 g/mol. The Bertz CT molecular complexity index is 462. The van der Waals surface area contributed by atoms with Gasteiger partial charge in [-0.2, -0.15) is 0 Å². The van der Waals surface area contributed by atoms with Crippen LogP contribution in [0.1, 0.15) is 17.2 Å². The van der Waals surface area contributed by atoms with Crippen LogP contribution in [0.25, 0.3) is 0 Å². The van der Waals surface area contributed by atoms with Crippen molar-refractivity contribution in [2.45, 2.75) is 6.10 Å². The van der Waals surface area contributed by atoms with Crippen molar-refractivity contribution in [3.05, 3.63) is 65.7 Å². The van der Waals surface area contributed by atoms with Crippen LogP contribution in [0, 0.1) is 0 Å². The molecule has 0 radical (unpaired) electrons. The largest absolute Gasteiger partial charge is 0.384 e. The molecule has 2 rings (SSSR count). The van der Waals surface area contributed by atoms with E-state index in [0.717, 1.165) is 16.8 Å². The van der Waals surface area contributed by atoms with E-state index in [9.17, 15) is 5.11 Å². The van der Waals surface area contributed by atoms with Crippen LogP contribution in [0.5, 0.6) is 0 Å². The minimum atomic E-state index is -0.549. The molecule has 0 aliphatic rings. The maximum Gasteiger partial charge on any atom is 0.104 e. The van der Waals surface area contributed by atoms with Crippen LogP contribution < -0.4 is 4.90 Å². The third kappa shape index (κ3) is 2.66. The molecular formula is C15H17NO. The summed E-state index contributed by atoms with van der Waals surface area (Å²) in [5.74, 6) is 0. The molecule has 1 unspecified atom stereocenters. The molecule has 1 atom stereocenters. The second-order valence-corrected chi connectivity index (χ2v) is 4.30. The van der Waals surface area contributed by atoms with E-state index in [1.807, 2.05) is 73.6 Å². The molecular weight excluding hydrogens is 210 g/mol. The van der Waals surface area contributed by atoms with Crippen molar-refractivity contribution in [3.8, 4) is 0 Å². The summed E-state index contributed by atoms with van der Waals surface area (Å²) in [7, 11) is 4.01. The van der Waals surface area contributed by atoms with Crippen LogP contribution in [-0.4, -0.2) is 19.2 Å². The van der Waals surface area contributed by atoms with Gasteiger partial charge in [-0.15, -0.1) is 0 Å². The van der Waals surface area contributed by atoms with Crippen molar-refractivity contribution in [1.82, 2.24) is 0 Å². The van der Waals surface area contributed by atoms with Crippen molar-refractivity contribution < 1.29 is 5.11 Å². The maximum absolute atomic E-state index is 10.2. The van der Waals surface area contributed by atoms with Gasteiger partial charge in [-0.05, 0) is 23.3 Å². The Morgan fingerprint density at radius 1 is 0.824 bits per heavy atom. The lowest BCUT2D eigenvalue weighted by molar-refractivity contribution is 0.220. The van der Waals surface area contributed by atoms with Gasteiger partial charge < -0.3 is 10.0 Å². The zero-order chi connectivity index (χ0) is 12.3. The molecule has 0 saturated heterocycles. The topological polar surface area (TPSA) is 23.5 Å². The molecule has 2 nitrogen and oxygen atoms in total. The summed E-state index contributed by atoms with van der Waals surface area (Å²) < 4.78 is 0. The first kappa shape index (κ1) is 11.7. The van der Waals surface area contributed by atoms with Crippen molar-refractivity contribution in [2.24, 2.45) is 0 Å². The highest BCUT2D eigenvalue weighted by atomic mass is 16.3. The summed E-state index contributed by atoms with van der Waals surface area (Å²) in [5, 5.41) is 10.2. The lowest BCUT2D eigenvalue weighted by Gasteiger charge is -2.15. The number of rotatable bonds is 3. The average Bonchev–Trinajstić information content (AvgIpc) is 2.39. The van der Waals surface area contributed by atoms with Crippen molar-refractivity contribution >= 4 is 5.69 Å². The normalized spacial score (nSPS) is 12.2. The van der Waals surface area contributed by atoms with Gasteiger partial charge in [-0.3, -0.25) is 0 Å². The SMILES string of the molecule is CN(C)c1ccc(C(O)c2ccccc2)cc1. The fourth-order valence-electron chi connectivity index (χ4n) is 1.78. The highest BCUT2D eigenvalue weighted by molar-refractivity contribution is 5.47. The molecule has 0 amide bonds. The molecule has 0 aliphatic carbocycles. The molecule has 0 fully saturated rings. The Morgan fingerprint density at radius 2 is 1.35 bits per heavy atom. The Labute approximate surface area is 102 Å². The molecule has 0 aliphatic heterocycles. The minimum absolute atomic E-state index is 0.549. The number of benzene rings is 2. The maximum atomic E-state index is 10.2. The van der Waals surface area contributed by atoms with Gasteiger partial charge in [0.05, 0.1) is 0 Å². The molecule has 2 aromatic rings. The zero-order valence-electron chi connectivity index (χ0n) is 10.2. The summed E-state index contributed by atoms with van der Waals surface area (Å²) in [6.07, 6.45) is -0.549. The predicted octanol–water partition coefficient (Wildman–Crippen LogP) is 2.83. The predicted molar refractivity (Wildman–Crippen MR) is 71.3 cm³/mol. The number of anilines is 1. The Balaban J connectivity index is 2.23. The molecule has 0 heterocycles. The van der Waals surface area contributed by atoms with Crippen molar-refractivity contribution in [3.63, 3.8) is 0 Å². The molecule has 2 heteroatoms. The Morgan fingerprint density at radius 3 is 1.88 bits per heavy atom. The van der Waals surface area contributed by atoms with E-state index in [1.165, 1.54) is 0 Å². The third-order valence-corrected chi connectivity index (χ3v) is 2.84. The summed E-state index contributed by atoms with van der Waals surface area (Å²) >= 11 is 0. The lowest BCUT2D eigenvalue weighted by Crippen LogP contribution is -2.08. The number of hydrogen-bond donors (Lipinski definition) is 1. The van der Waals surface area contributed by atoms with Gasteiger partial charge in [0.25, 0.3) is 0 Å². The van der Waals surface area contributed by atoms with E-state index in [2.05, 4.69) is 0 Å². The highest BCUT2D eigenvalue weighted by Crippen LogP contribution is 2.23. The second kappa shape index (κ2) is 5.02. The smallest absolute Gasteiger partial charge is 0.104 e. The van der Waals surface area contributed by atoms with Crippen molar-refractivity contribution in [2.75, 3.05) is 19.0 Å². The van der Waals surface area contributed by atoms with Gasteiger partial charge >= 0.3 is 0 Å². The molecule has 0 saturated carbocycles. The fourth-order valence-corrected chi connectivity index (χ4v) is 1.78. The van der Waals surface area contributed by atoms with Gasteiger partial charge in [0.15, 0.2) is 0 Å². The van der Waals surface area contributed by atoms with Gasteiger partial charge in [0.1, 0.15) is 6.10 Å². The summed E-state index contributed by atoms with van der Waals surface area (Å²) in [6, 6.07) is 17.7. The van der Waals surface area contributed by atoms with E-state index >= 15 is 0 Å². The first-order chi connectivity index (χ1) is 8.18. The molecule has 2 aromatic carbocycles. The third-order valence-electron chi connectivity index (χ3n) is 2.84.